The first-order valence-electron chi connectivity index (χ1n) is 8.59. The van der Waals surface area contributed by atoms with Gasteiger partial charge in [0.05, 0.1) is 17.7 Å². The Bertz CT molecular complexity index is 943. The molecule has 0 aliphatic carbocycles. The van der Waals surface area contributed by atoms with E-state index in [4.69, 9.17) is 16.9 Å². The highest BCUT2D eigenvalue weighted by Crippen LogP contribution is 2.23. The molecule has 1 aliphatic heterocycles. The van der Waals surface area contributed by atoms with Crippen molar-refractivity contribution in [3.05, 3.63) is 68.7 Å². The lowest BCUT2D eigenvalue weighted by atomic mass is 10.1. The molecular formula is C20H17BrClN3O3. The number of benzene rings is 2. The highest BCUT2D eigenvalue weighted by atomic mass is 79.9. The monoisotopic (exact) mass is 461 g/mol. The second kappa shape index (κ2) is 8.74. The van der Waals surface area contributed by atoms with Gasteiger partial charge >= 0.3 is 0 Å². The van der Waals surface area contributed by atoms with Crippen molar-refractivity contribution in [2.24, 2.45) is 0 Å². The van der Waals surface area contributed by atoms with Crippen LogP contribution in [-0.4, -0.2) is 40.5 Å². The first kappa shape index (κ1) is 20.3. The Balaban J connectivity index is 1.74. The normalized spacial score (nSPS) is 18.6. The summed E-state index contributed by atoms with van der Waals surface area (Å²) >= 11 is 9.14. The number of nitrogens with zero attached hydrogens (tertiary/aromatic N) is 2. The summed E-state index contributed by atoms with van der Waals surface area (Å²) in [5, 5.41) is 22.5. The second-order valence-electron chi connectivity index (χ2n) is 6.55. The number of amides is 2. The lowest BCUT2D eigenvalue weighted by Gasteiger charge is -2.24. The highest BCUT2D eigenvalue weighted by molar-refractivity contribution is 9.10. The zero-order valence-electron chi connectivity index (χ0n) is 14.7. The van der Waals surface area contributed by atoms with Crippen LogP contribution < -0.4 is 5.32 Å². The molecule has 2 N–H and O–H groups in total. The van der Waals surface area contributed by atoms with Crippen LogP contribution in [0.2, 0.25) is 5.02 Å². The van der Waals surface area contributed by atoms with Gasteiger partial charge in [0.25, 0.3) is 5.91 Å². The van der Waals surface area contributed by atoms with Crippen LogP contribution in [0, 0.1) is 11.3 Å². The minimum Gasteiger partial charge on any atom is -0.391 e. The number of rotatable bonds is 4. The van der Waals surface area contributed by atoms with Crippen LogP contribution in [0.5, 0.6) is 0 Å². The molecule has 6 nitrogen and oxygen atoms in total. The van der Waals surface area contributed by atoms with E-state index >= 15 is 0 Å². The lowest BCUT2D eigenvalue weighted by molar-refractivity contribution is -0.125. The van der Waals surface area contributed by atoms with Gasteiger partial charge in [-0.1, -0.05) is 39.7 Å². The van der Waals surface area contributed by atoms with Crippen molar-refractivity contribution < 1.29 is 14.7 Å². The summed E-state index contributed by atoms with van der Waals surface area (Å²) in [4.78, 5) is 26.9. The van der Waals surface area contributed by atoms with Crippen LogP contribution in [0.15, 0.2) is 46.9 Å². The molecule has 1 saturated heterocycles. The minimum absolute atomic E-state index is 0.0618. The molecule has 2 aromatic carbocycles. The van der Waals surface area contributed by atoms with Crippen molar-refractivity contribution >= 4 is 39.3 Å². The van der Waals surface area contributed by atoms with E-state index in [1.165, 1.54) is 11.0 Å². The average Bonchev–Trinajstić information content (AvgIpc) is 3.08. The van der Waals surface area contributed by atoms with Gasteiger partial charge in [-0.15, -0.1) is 0 Å². The highest BCUT2D eigenvalue weighted by Gasteiger charge is 2.39. The first-order chi connectivity index (χ1) is 13.4. The van der Waals surface area contributed by atoms with E-state index in [1.54, 1.807) is 36.4 Å². The third kappa shape index (κ3) is 4.71. The van der Waals surface area contributed by atoms with Crippen LogP contribution in [0.3, 0.4) is 0 Å². The third-order valence-corrected chi connectivity index (χ3v) is 5.21. The van der Waals surface area contributed by atoms with E-state index in [2.05, 4.69) is 21.2 Å². The molecule has 0 aromatic heterocycles. The quantitative estimate of drug-likeness (QED) is 0.731. The number of likely N-dealkylation sites (tertiary alicyclic amines) is 1. The summed E-state index contributed by atoms with van der Waals surface area (Å²) in [6.07, 6.45) is -0.616. The van der Waals surface area contributed by atoms with E-state index < -0.39 is 18.1 Å². The van der Waals surface area contributed by atoms with Gasteiger partial charge in [-0.25, -0.2) is 0 Å². The summed E-state index contributed by atoms with van der Waals surface area (Å²) in [5.41, 5.74) is 1.50. The maximum absolute atomic E-state index is 12.9. The van der Waals surface area contributed by atoms with E-state index in [-0.39, 0.29) is 24.4 Å². The van der Waals surface area contributed by atoms with Gasteiger partial charge in [-0.3, -0.25) is 9.59 Å². The summed E-state index contributed by atoms with van der Waals surface area (Å²) in [6, 6.07) is 13.0. The molecule has 0 saturated carbocycles. The fourth-order valence-corrected chi connectivity index (χ4v) is 3.76. The molecule has 8 heteroatoms. The minimum atomic E-state index is -0.780. The largest absolute Gasteiger partial charge is 0.391 e. The summed E-state index contributed by atoms with van der Waals surface area (Å²) < 4.78 is 0.596. The molecule has 0 bridgehead atoms. The van der Waals surface area contributed by atoms with Crippen LogP contribution in [0.4, 0.5) is 0 Å². The van der Waals surface area contributed by atoms with Crippen molar-refractivity contribution in [3.63, 3.8) is 0 Å². The molecule has 1 heterocycles. The number of hydrogen-bond acceptors (Lipinski definition) is 4. The Kier molecular flexibility index (Phi) is 6.35. The molecule has 0 spiro atoms. The Morgan fingerprint density at radius 2 is 2.00 bits per heavy atom. The summed E-state index contributed by atoms with van der Waals surface area (Å²) in [6.45, 7) is 0.354. The Morgan fingerprint density at radius 1 is 1.29 bits per heavy atom. The fraction of sp³-hybridized carbons (Fsp3) is 0.250. The molecule has 28 heavy (non-hydrogen) atoms. The predicted molar refractivity (Wildman–Crippen MR) is 108 cm³/mol. The zero-order valence-corrected chi connectivity index (χ0v) is 17.1. The molecule has 0 radical (unpaired) electrons. The SMILES string of the molecule is N#Cc1cc(Br)cc(C(=O)N2C[C@H](O)C[C@H]2C(=O)NCc2ccc(Cl)cc2)c1. The van der Waals surface area contributed by atoms with E-state index in [1.807, 2.05) is 6.07 Å². The molecule has 2 amide bonds. The summed E-state index contributed by atoms with van der Waals surface area (Å²) in [5.74, 6) is -0.739. The fourth-order valence-electron chi connectivity index (χ4n) is 3.14. The zero-order chi connectivity index (χ0) is 20.3. The van der Waals surface area contributed by atoms with Crippen molar-refractivity contribution in [2.45, 2.75) is 25.1 Å². The van der Waals surface area contributed by atoms with Gasteiger partial charge < -0.3 is 15.3 Å². The van der Waals surface area contributed by atoms with Crippen LogP contribution in [-0.2, 0) is 11.3 Å². The maximum Gasteiger partial charge on any atom is 0.254 e. The van der Waals surface area contributed by atoms with Gasteiger partial charge in [0.1, 0.15) is 6.04 Å². The van der Waals surface area contributed by atoms with Crippen LogP contribution in [0.1, 0.15) is 27.9 Å². The maximum atomic E-state index is 12.9. The average molecular weight is 463 g/mol. The lowest BCUT2D eigenvalue weighted by Crippen LogP contribution is -2.45. The van der Waals surface area contributed by atoms with E-state index in [9.17, 15) is 14.7 Å². The van der Waals surface area contributed by atoms with Gasteiger partial charge in [-0.2, -0.15) is 5.26 Å². The first-order valence-corrected chi connectivity index (χ1v) is 9.76. The number of aliphatic hydroxyl groups is 1. The van der Waals surface area contributed by atoms with Gasteiger partial charge in [0.2, 0.25) is 5.91 Å². The number of nitriles is 1. The third-order valence-electron chi connectivity index (χ3n) is 4.50. The van der Waals surface area contributed by atoms with Gasteiger partial charge in [0, 0.05) is 34.6 Å². The van der Waals surface area contributed by atoms with Gasteiger partial charge in [-0.05, 0) is 35.9 Å². The molecular weight excluding hydrogens is 446 g/mol. The van der Waals surface area contributed by atoms with Crippen LogP contribution in [0.25, 0.3) is 0 Å². The van der Waals surface area contributed by atoms with Crippen molar-refractivity contribution in [1.82, 2.24) is 10.2 Å². The van der Waals surface area contributed by atoms with Crippen molar-refractivity contribution in [3.8, 4) is 6.07 Å². The number of carbonyl (C=O) groups is 2. The molecule has 1 fully saturated rings. The second-order valence-corrected chi connectivity index (χ2v) is 7.90. The molecule has 2 aromatic rings. The van der Waals surface area contributed by atoms with Crippen LogP contribution >= 0.6 is 27.5 Å². The molecule has 3 rings (SSSR count). The number of halogens is 2. The smallest absolute Gasteiger partial charge is 0.254 e. The Morgan fingerprint density at radius 3 is 2.68 bits per heavy atom. The Hall–Kier alpha value is -2.40. The van der Waals surface area contributed by atoms with Gasteiger partial charge in [0.15, 0.2) is 0 Å². The van der Waals surface area contributed by atoms with Crippen molar-refractivity contribution in [1.29, 1.82) is 5.26 Å². The van der Waals surface area contributed by atoms with E-state index in [0.717, 1.165) is 5.56 Å². The number of aliphatic hydroxyl groups excluding tert-OH is 1. The van der Waals surface area contributed by atoms with Crippen molar-refractivity contribution in [2.75, 3.05) is 6.54 Å². The summed E-state index contributed by atoms with van der Waals surface area (Å²) in [7, 11) is 0. The number of β-amino-alcohol motifs (C(OH)–C–C–N with tert-alkyl or cyclic N) is 1. The molecule has 1 aliphatic rings. The molecule has 0 unspecified atom stereocenters. The Labute approximate surface area is 175 Å². The molecule has 144 valence electrons. The molecule has 2 atom stereocenters. The topological polar surface area (TPSA) is 93.4 Å². The standard InChI is InChI=1S/C20H17BrClN3O3/c21-15-6-13(9-23)5-14(7-15)20(28)25-11-17(26)8-18(25)19(27)24-10-12-1-3-16(22)4-2-12/h1-7,17-18,26H,8,10-11H2,(H,24,27)/t17-,18+/m1/s1. The number of carbonyl (C=O) groups excluding carboxylic acids is 2. The van der Waals surface area contributed by atoms with E-state index in [0.29, 0.717) is 21.6 Å². The predicted octanol–water partition coefficient (Wildman–Crippen LogP) is 2.87. The number of nitrogens with one attached hydrogen (secondary N) is 1. The number of hydrogen-bond donors (Lipinski definition) is 2.